The van der Waals surface area contributed by atoms with Crippen LogP contribution in [-0.4, -0.2) is 23.9 Å². The third kappa shape index (κ3) is 4.45. The van der Waals surface area contributed by atoms with E-state index in [1.807, 2.05) is 11.9 Å². The molecule has 3 nitrogen and oxygen atoms in total. The number of halogens is 1. The van der Waals surface area contributed by atoms with E-state index >= 15 is 0 Å². The Kier molecular flexibility index (Phi) is 6.69. The summed E-state index contributed by atoms with van der Waals surface area (Å²) in [6, 6.07) is 8.72. The number of amides is 1. The molecule has 118 valence electrons. The molecule has 0 aromatic heterocycles. The third-order valence-electron chi connectivity index (χ3n) is 4.55. The molecule has 0 radical (unpaired) electrons. The minimum absolute atomic E-state index is 0. The van der Waals surface area contributed by atoms with Crippen LogP contribution in [-0.2, 0) is 4.79 Å². The van der Waals surface area contributed by atoms with Crippen molar-refractivity contribution >= 4 is 18.3 Å². The summed E-state index contributed by atoms with van der Waals surface area (Å²) in [6.07, 6.45) is 3.95. The number of rotatable bonds is 3. The molecule has 1 amide bonds. The summed E-state index contributed by atoms with van der Waals surface area (Å²) in [5.41, 5.74) is 8.43. The molecule has 3 unspecified atom stereocenters. The van der Waals surface area contributed by atoms with Gasteiger partial charge >= 0.3 is 0 Å². The molecule has 4 heteroatoms. The molecule has 0 spiro atoms. The fraction of sp³-hybridized carbons (Fsp3) is 0.588. The van der Waals surface area contributed by atoms with Gasteiger partial charge in [-0.2, -0.15) is 0 Å². The molecule has 3 atom stereocenters. The first-order valence-corrected chi connectivity index (χ1v) is 7.58. The van der Waals surface area contributed by atoms with Crippen LogP contribution in [0.25, 0.3) is 0 Å². The number of nitrogens with two attached hydrogens (primary N) is 1. The van der Waals surface area contributed by atoms with Gasteiger partial charge in [0.1, 0.15) is 0 Å². The highest BCUT2D eigenvalue weighted by Crippen LogP contribution is 2.28. The molecule has 0 bridgehead atoms. The molecule has 1 aromatic rings. The number of carbonyl (C=O) groups is 1. The lowest BCUT2D eigenvalue weighted by Crippen LogP contribution is -2.39. The molecule has 0 saturated heterocycles. The SMILES string of the molecule is Cc1ccc(C(C)N(C)C(=O)C2CCCC(N)C2)cc1.Cl. The van der Waals surface area contributed by atoms with E-state index in [0.717, 1.165) is 25.7 Å². The summed E-state index contributed by atoms with van der Waals surface area (Å²) in [5.74, 6) is 0.352. The van der Waals surface area contributed by atoms with Crippen molar-refractivity contribution in [1.82, 2.24) is 4.90 Å². The quantitative estimate of drug-likeness (QED) is 0.929. The second-order valence-corrected chi connectivity index (χ2v) is 6.16. The Balaban J connectivity index is 0.00000220. The van der Waals surface area contributed by atoms with Crippen molar-refractivity contribution in [3.8, 4) is 0 Å². The molecule has 1 aliphatic carbocycles. The van der Waals surface area contributed by atoms with Crippen LogP contribution in [0.4, 0.5) is 0 Å². The summed E-state index contributed by atoms with van der Waals surface area (Å²) < 4.78 is 0. The van der Waals surface area contributed by atoms with E-state index in [9.17, 15) is 4.79 Å². The highest BCUT2D eigenvalue weighted by molar-refractivity contribution is 5.85. The van der Waals surface area contributed by atoms with Crippen LogP contribution in [0.1, 0.15) is 49.8 Å². The summed E-state index contributed by atoms with van der Waals surface area (Å²) >= 11 is 0. The van der Waals surface area contributed by atoms with Gasteiger partial charge in [-0.05, 0) is 38.7 Å². The number of benzene rings is 1. The molecule has 1 saturated carbocycles. The number of carbonyl (C=O) groups excluding carboxylic acids is 1. The number of hydrogen-bond donors (Lipinski definition) is 1. The third-order valence-corrected chi connectivity index (χ3v) is 4.55. The summed E-state index contributed by atoms with van der Waals surface area (Å²) in [6.45, 7) is 4.16. The average Bonchev–Trinajstić information content (AvgIpc) is 2.46. The first-order chi connectivity index (χ1) is 9.49. The standard InChI is InChI=1S/C17H26N2O.ClH/c1-12-7-9-14(10-8-12)13(2)19(3)17(20)15-5-4-6-16(18)11-15;/h7-10,13,15-16H,4-6,11,18H2,1-3H3;1H. The van der Waals surface area contributed by atoms with Crippen molar-refractivity contribution in [2.45, 2.75) is 51.6 Å². The zero-order valence-electron chi connectivity index (χ0n) is 13.2. The Labute approximate surface area is 134 Å². The summed E-state index contributed by atoms with van der Waals surface area (Å²) in [7, 11) is 1.91. The maximum atomic E-state index is 12.6. The largest absolute Gasteiger partial charge is 0.339 e. The fourth-order valence-corrected chi connectivity index (χ4v) is 3.00. The highest BCUT2D eigenvalue weighted by atomic mass is 35.5. The molecule has 2 N–H and O–H groups in total. The summed E-state index contributed by atoms with van der Waals surface area (Å²) in [5, 5.41) is 0. The van der Waals surface area contributed by atoms with Gasteiger partial charge in [0.05, 0.1) is 6.04 Å². The molecule has 1 aliphatic rings. The van der Waals surface area contributed by atoms with E-state index in [2.05, 4.69) is 38.1 Å². The molecular formula is C17H27ClN2O. The first-order valence-electron chi connectivity index (χ1n) is 7.58. The van der Waals surface area contributed by atoms with Crippen LogP contribution in [0.2, 0.25) is 0 Å². The molecular weight excluding hydrogens is 284 g/mol. The van der Waals surface area contributed by atoms with Crippen LogP contribution >= 0.6 is 12.4 Å². The molecule has 0 aliphatic heterocycles. The second-order valence-electron chi connectivity index (χ2n) is 6.16. The van der Waals surface area contributed by atoms with Crippen molar-refractivity contribution in [2.24, 2.45) is 11.7 Å². The van der Waals surface area contributed by atoms with Crippen molar-refractivity contribution < 1.29 is 4.79 Å². The van der Waals surface area contributed by atoms with Gasteiger partial charge < -0.3 is 10.6 Å². The lowest BCUT2D eigenvalue weighted by Gasteiger charge is -2.32. The number of hydrogen-bond acceptors (Lipinski definition) is 2. The molecule has 2 rings (SSSR count). The highest BCUT2D eigenvalue weighted by Gasteiger charge is 2.29. The molecule has 0 heterocycles. The van der Waals surface area contributed by atoms with Gasteiger partial charge in [-0.3, -0.25) is 4.79 Å². The van der Waals surface area contributed by atoms with Gasteiger partial charge in [-0.1, -0.05) is 36.2 Å². The van der Waals surface area contributed by atoms with Crippen molar-refractivity contribution in [3.63, 3.8) is 0 Å². The molecule has 21 heavy (non-hydrogen) atoms. The van der Waals surface area contributed by atoms with Gasteiger partial charge in [0.25, 0.3) is 0 Å². The zero-order valence-corrected chi connectivity index (χ0v) is 14.0. The van der Waals surface area contributed by atoms with Gasteiger partial charge in [-0.15, -0.1) is 12.4 Å². The second kappa shape index (κ2) is 7.81. The van der Waals surface area contributed by atoms with Gasteiger partial charge in [0, 0.05) is 19.0 Å². The molecule has 1 fully saturated rings. The Morgan fingerprint density at radius 2 is 1.90 bits per heavy atom. The predicted octanol–water partition coefficient (Wildman–Crippen LogP) is 3.45. The Bertz CT molecular complexity index is 460. The van der Waals surface area contributed by atoms with Crippen LogP contribution in [0, 0.1) is 12.8 Å². The average molecular weight is 311 g/mol. The van der Waals surface area contributed by atoms with Crippen LogP contribution < -0.4 is 5.73 Å². The van der Waals surface area contributed by atoms with Crippen molar-refractivity contribution in [2.75, 3.05) is 7.05 Å². The predicted molar refractivity (Wildman–Crippen MR) is 89.5 cm³/mol. The number of aryl methyl sites for hydroxylation is 1. The van der Waals surface area contributed by atoms with Crippen LogP contribution in [0.5, 0.6) is 0 Å². The lowest BCUT2D eigenvalue weighted by molar-refractivity contribution is -0.137. The fourth-order valence-electron chi connectivity index (χ4n) is 3.00. The van der Waals surface area contributed by atoms with Gasteiger partial charge in [-0.25, -0.2) is 0 Å². The maximum Gasteiger partial charge on any atom is 0.225 e. The summed E-state index contributed by atoms with van der Waals surface area (Å²) in [4.78, 5) is 14.5. The zero-order chi connectivity index (χ0) is 14.7. The van der Waals surface area contributed by atoms with E-state index in [1.54, 1.807) is 0 Å². The Hall–Kier alpha value is -1.06. The van der Waals surface area contributed by atoms with E-state index in [0.29, 0.717) is 0 Å². The Morgan fingerprint density at radius 3 is 2.48 bits per heavy atom. The minimum Gasteiger partial charge on any atom is -0.339 e. The van der Waals surface area contributed by atoms with Gasteiger partial charge in [0.15, 0.2) is 0 Å². The molecule has 1 aromatic carbocycles. The van der Waals surface area contributed by atoms with Gasteiger partial charge in [0.2, 0.25) is 5.91 Å². The monoisotopic (exact) mass is 310 g/mol. The maximum absolute atomic E-state index is 12.6. The van der Waals surface area contributed by atoms with Crippen molar-refractivity contribution in [3.05, 3.63) is 35.4 Å². The normalized spacial score (nSPS) is 23.0. The van der Waals surface area contributed by atoms with Crippen LogP contribution in [0.3, 0.4) is 0 Å². The Morgan fingerprint density at radius 1 is 1.29 bits per heavy atom. The van der Waals surface area contributed by atoms with E-state index in [1.165, 1.54) is 11.1 Å². The minimum atomic E-state index is 0. The van der Waals surface area contributed by atoms with E-state index < -0.39 is 0 Å². The van der Waals surface area contributed by atoms with Crippen LogP contribution in [0.15, 0.2) is 24.3 Å². The first kappa shape index (κ1) is 18.0. The lowest BCUT2D eigenvalue weighted by atomic mass is 9.85. The van der Waals surface area contributed by atoms with Crippen molar-refractivity contribution in [1.29, 1.82) is 0 Å². The smallest absolute Gasteiger partial charge is 0.225 e. The number of nitrogens with zero attached hydrogens (tertiary/aromatic N) is 1. The topological polar surface area (TPSA) is 46.3 Å². The van der Waals surface area contributed by atoms with E-state index in [4.69, 9.17) is 5.73 Å². The van der Waals surface area contributed by atoms with E-state index in [-0.39, 0.29) is 36.3 Å².